The van der Waals surface area contributed by atoms with Gasteiger partial charge >= 0.3 is 18.0 Å². The van der Waals surface area contributed by atoms with Crippen LogP contribution in [0.5, 0.6) is 0 Å². The highest BCUT2D eigenvalue weighted by Gasteiger charge is 2.73. The number of carbonyl (C=O) groups is 1. The number of hydrogen-bond acceptors (Lipinski definition) is 3. The van der Waals surface area contributed by atoms with Gasteiger partial charge < -0.3 is 5.32 Å². The van der Waals surface area contributed by atoms with Gasteiger partial charge in [-0.05, 0) is 40.2 Å². The molecule has 0 spiro atoms. The predicted octanol–water partition coefficient (Wildman–Crippen LogP) is 6.87. The van der Waals surface area contributed by atoms with Crippen LogP contribution in [-0.2, 0) is 5.67 Å². The number of hydrogen-bond donors (Lipinski definition) is 3. The van der Waals surface area contributed by atoms with E-state index in [0.717, 1.165) is 18.2 Å². The molecule has 0 aliphatic rings. The minimum absolute atomic E-state index is 0.0788. The third-order valence-corrected chi connectivity index (χ3v) is 4.76. The number of anilines is 2. The lowest BCUT2D eigenvalue weighted by Crippen LogP contribution is -2.50. The van der Waals surface area contributed by atoms with Gasteiger partial charge in [-0.1, -0.05) is 6.07 Å². The molecule has 3 N–H and O–H groups in total. The van der Waals surface area contributed by atoms with E-state index < -0.39 is 74.8 Å². The molecule has 0 radical (unpaired) electrons. The Labute approximate surface area is 180 Å². The maximum atomic E-state index is 14.3. The Morgan fingerprint density at radius 3 is 2.03 bits per heavy atom. The number of benzene rings is 2. The average molecular weight is 543 g/mol. The van der Waals surface area contributed by atoms with Gasteiger partial charge in [0.15, 0.2) is 5.82 Å². The zero-order valence-electron chi connectivity index (χ0n) is 15.0. The van der Waals surface area contributed by atoms with Gasteiger partial charge in [0.25, 0.3) is 12.3 Å². The molecule has 1 amide bonds. The van der Waals surface area contributed by atoms with E-state index in [1.54, 1.807) is 5.32 Å². The lowest BCUT2D eigenvalue weighted by atomic mass is 9.92. The number of alkyl halides is 9. The molecule has 176 valence electrons. The van der Waals surface area contributed by atoms with Crippen molar-refractivity contribution in [1.29, 1.82) is 0 Å². The maximum absolute atomic E-state index is 14.3. The van der Waals surface area contributed by atoms with E-state index in [-0.39, 0.29) is 6.07 Å². The molecule has 0 heterocycles. The zero-order valence-corrected chi connectivity index (χ0v) is 16.6. The largest absolute Gasteiger partial charge is 0.435 e. The molecule has 0 aromatic heterocycles. The van der Waals surface area contributed by atoms with Gasteiger partial charge in [-0.25, -0.2) is 17.6 Å². The minimum atomic E-state index is -6.56. The number of carbonyl (C=O) groups excluding carboxylic acids is 1. The van der Waals surface area contributed by atoms with Gasteiger partial charge in [0, 0.05) is 15.6 Å². The van der Waals surface area contributed by atoms with Gasteiger partial charge in [0.2, 0.25) is 0 Å². The van der Waals surface area contributed by atoms with Crippen LogP contribution in [0.3, 0.4) is 0 Å². The van der Waals surface area contributed by atoms with Crippen molar-refractivity contribution in [3.8, 4) is 0 Å². The van der Waals surface area contributed by atoms with E-state index in [2.05, 4.69) is 15.9 Å². The summed E-state index contributed by atoms with van der Waals surface area (Å²) in [6.45, 7) is 0. The summed E-state index contributed by atoms with van der Waals surface area (Å²) < 4.78 is 132. The van der Waals surface area contributed by atoms with Crippen LogP contribution >= 0.6 is 15.9 Å². The van der Waals surface area contributed by atoms with Crippen molar-refractivity contribution in [2.24, 2.45) is 0 Å². The Morgan fingerprint density at radius 1 is 1.00 bits per heavy atom. The van der Waals surface area contributed by atoms with Crippen molar-refractivity contribution in [1.82, 2.24) is 0 Å². The van der Waals surface area contributed by atoms with E-state index in [4.69, 9.17) is 5.21 Å². The van der Waals surface area contributed by atoms with Crippen LogP contribution in [0.25, 0.3) is 0 Å². The number of halogens is 11. The van der Waals surface area contributed by atoms with E-state index in [1.165, 1.54) is 5.48 Å². The first-order valence-electron chi connectivity index (χ1n) is 8.00. The van der Waals surface area contributed by atoms with Gasteiger partial charge in [-0.3, -0.25) is 15.5 Å². The quantitative estimate of drug-likeness (QED) is 0.285. The molecule has 2 aromatic carbocycles. The van der Waals surface area contributed by atoms with Crippen LogP contribution in [0.1, 0.15) is 27.9 Å². The van der Waals surface area contributed by atoms with Crippen LogP contribution in [0, 0.1) is 5.82 Å². The maximum Gasteiger partial charge on any atom is 0.435 e. The highest BCUT2D eigenvalue weighted by Crippen LogP contribution is 2.54. The second-order valence-electron chi connectivity index (χ2n) is 6.11. The first kappa shape index (κ1) is 25.7. The number of rotatable bonds is 5. The van der Waals surface area contributed by atoms with E-state index in [1.807, 2.05) is 0 Å². The molecule has 4 nitrogen and oxygen atoms in total. The standard InChI is InChI=1S/C17H9BrF10N2O2/c18-9-5-6(15(22,16(23,24)25)17(26,27)28)4-8(13(20)21)12(9)29-14(31)7-2-1-3-10(30-32)11(7)19/h1-5,13,30,32H,(H,29,31). The summed E-state index contributed by atoms with van der Waals surface area (Å²) in [6.07, 6.45) is -16.9. The first-order chi connectivity index (χ1) is 14.6. The molecule has 0 aliphatic heterocycles. The number of nitrogens with one attached hydrogen (secondary N) is 2. The predicted molar refractivity (Wildman–Crippen MR) is 93.8 cm³/mol. The van der Waals surface area contributed by atoms with E-state index >= 15 is 0 Å². The second-order valence-corrected chi connectivity index (χ2v) is 6.96. The summed E-state index contributed by atoms with van der Waals surface area (Å²) in [5.74, 6) is -2.80. The lowest BCUT2D eigenvalue weighted by molar-refractivity contribution is -0.348. The molecule has 0 saturated carbocycles. The minimum Gasteiger partial charge on any atom is -0.320 e. The Morgan fingerprint density at radius 2 is 1.56 bits per heavy atom. The Bertz CT molecular complexity index is 1010. The van der Waals surface area contributed by atoms with Gasteiger partial charge in [0.1, 0.15) is 0 Å². The molecule has 0 bridgehead atoms. The third-order valence-electron chi connectivity index (χ3n) is 4.14. The number of amides is 1. The van der Waals surface area contributed by atoms with Crippen molar-refractivity contribution in [2.75, 3.05) is 10.8 Å². The molecule has 2 aromatic rings. The Kier molecular flexibility index (Phi) is 7.04. The van der Waals surface area contributed by atoms with Gasteiger partial charge in [-0.2, -0.15) is 26.3 Å². The zero-order chi connectivity index (χ0) is 24.6. The highest BCUT2D eigenvalue weighted by molar-refractivity contribution is 9.10. The van der Waals surface area contributed by atoms with Crippen LogP contribution in [-0.4, -0.2) is 23.5 Å². The first-order valence-corrected chi connectivity index (χ1v) is 8.80. The molecule has 2 rings (SSSR count). The van der Waals surface area contributed by atoms with E-state index in [9.17, 15) is 48.7 Å². The highest BCUT2D eigenvalue weighted by atomic mass is 79.9. The monoisotopic (exact) mass is 542 g/mol. The molecular formula is C17H9BrF10N2O2. The van der Waals surface area contributed by atoms with Crippen LogP contribution in [0.15, 0.2) is 34.8 Å². The molecular weight excluding hydrogens is 534 g/mol. The molecule has 0 saturated heterocycles. The topological polar surface area (TPSA) is 61.4 Å². The van der Waals surface area contributed by atoms with Crippen LogP contribution in [0.2, 0.25) is 0 Å². The van der Waals surface area contributed by atoms with Crippen molar-refractivity contribution in [2.45, 2.75) is 24.4 Å². The fourth-order valence-corrected chi connectivity index (χ4v) is 3.17. The molecule has 32 heavy (non-hydrogen) atoms. The molecule has 0 aliphatic carbocycles. The van der Waals surface area contributed by atoms with Crippen molar-refractivity contribution >= 4 is 33.2 Å². The van der Waals surface area contributed by atoms with Gasteiger partial charge in [-0.15, -0.1) is 0 Å². The lowest BCUT2D eigenvalue weighted by Gasteiger charge is -2.31. The molecule has 0 atom stereocenters. The SMILES string of the molecule is O=C(Nc1c(Br)cc(C(F)(C(F)(F)F)C(F)(F)F)cc1C(F)F)c1cccc(NO)c1F. The summed E-state index contributed by atoms with van der Waals surface area (Å²) in [4.78, 5) is 12.3. The third kappa shape index (κ3) is 4.48. The van der Waals surface area contributed by atoms with Crippen molar-refractivity contribution < 1.29 is 53.9 Å². The molecule has 0 fully saturated rings. The smallest absolute Gasteiger partial charge is 0.320 e. The van der Waals surface area contributed by atoms with E-state index in [0.29, 0.717) is 0 Å². The summed E-state index contributed by atoms with van der Waals surface area (Å²) >= 11 is 2.44. The van der Waals surface area contributed by atoms with Gasteiger partial charge in [0.05, 0.1) is 16.9 Å². The summed E-state index contributed by atoms with van der Waals surface area (Å²) in [5.41, 5.74) is -10.9. The summed E-state index contributed by atoms with van der Waals surface area (Å²) in [5, 5.41) is 10.5. The fraction of sp³-hybridized carbons (Fsp3) is 0.235. The molecule has 15 heteroatoms. The average Bonchev–Trinajstić information content (AvgIpc) is 2.66. The summed E-state index contributed by atoms with van der Waals surface area (Å²) in [6, 6.07) is 2.41. The second kappa shape index (κ2) is 8.77. The molecule has 0 unspecified atom stereocenters. The van der Waals surface area contributed by atoms with Crippen molar-refractivity contribution in [3.63, 3.8) is 0 Å². The van der Waals surface area contributed by atoms with Crippen LogP contribution in [0.4, 0.5) is 55.3 Å². The van der Waals surface area contributed by atoms with Crippen molar-refractivity contribution in [3.05, 3.63) is 57.3 Å². The Hall–Kier alpha value is -2.55. The normalized spacial score (nSPS) is 12.8. The fourth-order valence-electron chi connectivity index (χ4n) is 2.59. The Balaban J connectivity index is 2.64. The summed E-state index contributed by atoms with van der Waals surface area (Å²) in [7, 11) is 0. The van der Waals surface area contributed by atoms with Crippen LogP contribution < -0.4 is 10.8 Å².